The van der Waals surface area contributed by atoms with Crippen molar-refractivity contribution < 1.29 is 18.0 Å². The van der Waals surface area contributed by atoms with Crippen molar-refractivity contribution in [1.29, 1.82) is 0 Å². The van der Waals surface area contributed by atoms with Crippen LogP contribution in [0.1, 0.15) is 31.4 Å². The Hall–Kier alpha value is -3.04. The molecule has 28 heavy (non-hydrogen) atoms. The first-order valence-electron chi connectivity index (χ1n) is 9.06. The van der Waals surface area contributed by atoms with Crippen molar-refractivity contribution in [1.82, 2.24) is 24.9 Å². The fourth-order valence-electron chi connectivity index (χ4n) is 4.00. The zero-order chi connectivity index (χ0) is 19.5. The van der Waals surface area contributed by atoms with Crippen molar-refractivity contribution >= 4 is 17.5 Å². The molecule has 1 saturated carbocycles. The Kier molecular flexibility index (Phi) is 3.65. The van der Waals surface area contributed by atoms with Gasteiger partial charge in [0.15, 0.2) is 12.0 Å². The molecule has 1 aliphatic carbocycles. The molecule has 0 aromatic carbocycles. The fourth-order valence-corrected chi connectivity index (χ4v) is 4.00. The summed E-state index contributed by atoms with van der Waals surface area (Å²) < 4.78 is 42.2. The zero-order valence-corrected chi connectivity index (χ0v) is 14.7. The third-order valence-corrected chi connectivity index (χ3v) is 5.44. The van der Waals surface area contributed by atoms with Crippen LogP contribution in [0.5, 0.6) is 0 Å². The van der Waals surface area contributed by atoms with Gasteiger partial charge in [-0.3, -0.25) is 9.30 Å². The third kappa shape index (κ3) is 2.71. The number of hydrogen-bond acceptors (Lipinski definition) is 4. The summed E-state index contributed by atoms with van der Waals surface area (Å²) in [7, 11) is 0. The Morgan fingerprint density at radius 3 is 2.79 bits per heavy atom. The SMILES string of the molecule is O=C1NC2=CNC(c3cnc4ccc(F)cn34)=NC2N1C1CCC(F)(F)CC1. The van der Waals surface area contributed by atoms with Gasteiger partial charge in [-0.25, -0.2) is 27.9 Å². The Morgan fingerprint density at radius 2 is 2.00 bits per heavy atom. The molecule has 1 atom stereocenters. The molecule has 3 aliphatic rings. The summed E-state index contributed by atoms with van der Waals surface area (Å²) >= 11 is 0. The maximum atomic E-state index is 13.7. The molecule has 0 radical (unpaired) electrons. The Bertz CT molecular complexity index is 1020. The van der Waals surface area contributed by atoms with Crippen molar-refractivity contribution in [3.05, 3.63) is 47.9 Å². The van der Waals surface area contributed by atoms with Crippen molar-refractivity contribution in [2.24, 2.45) is 4.99 Å². The van der Waals surface area contributed by atoms with Gasteiger partial charge in [0.1, 0.15) is 17.2 Å². The summed E-state index contributed by atoms with van der Waals surface area (Å²) in [6.45, 7) is 0. The van der Waals surface area contributed by atoms with Gasteiger partial charge in [-0.1, -0.05) is 0 Å². The summed E-state index contributed by atoms with van der Waals surface area (Å²) in [5, 5.41) is 5.75. The van der Waals surface area contributed by atoms with Crippen LogP contribution in [0.15, 0.2) is 41.4 Å². The van der Waals surface area contributed by atoms with Crippen LogP contribution >= 0.6 is 0 Å². The van der Waals surface area contributed by atoms with Gasteiger partial charge in [0.05, 0.1) is 11.9 Å². The Labute approximate surface area is 157 Å². The number of amides is 2. The van der Waals surface area contributed by atoms with Crippen LogP contribution in [0, 0.1) is 5.82 Å². The molecular weight excluding hydrogens is 373 g/mol. The van der Waals surface area contributed by atoms with E-state index in [0.717, 1.165) is 0 Å². The number of pyridine rings is 1. The molecule has 7 nitrogen and oxygen atoms in total. The minimum atomic E-state index is -2.67. The fraction of sp³-hybridized carbons (Fsp3) is 0.389. The third-order valence-electron chi connectivity index (χ3n) is 5.44. The minimum Gasteiger partial charge on any atom is -0.343 e. The van der Waals surface area contributed by atoms with E-state index in [1.807, 2.05) is 0 Å². The number of imidazole rings is 1. The average Bonchev–Trinajstić information content (AvgIpc) is 3.21. The number of rotatable bonds is 2. The lowest BCUT2D eigenvalue weighted by Gasteiger charge is -2.36. The quantitative estimate of drug-likeness (QED) is 0.828. The number of aliphatic imine (C=N–C) groups is 1. The Morgan fingerprint density at radius 1 is 1.21 bits per heavy atom. The number of carbonyl (C=O) groups is 1. The summed E-state index contributed by atoms with van der Waals surface area (Å²) in [6, 6.07) is 2.22. The number of aromatic nitrogens is 2. The second-order valence-corrected chi connectivity index (χ2v) is 7.24. The van der Waals surface area contributed by atoms with Gasteiger partial charge in [0.25, 0.3) is 0 Å². The average molecular weight is 390 g/mol. The van der Waals surface area contributed by atoms with Crippen LogP contribution in [-0.2, 0) is 0 Å². The van der Waals surface area contributed by atoms with Crippen LogP contribution in [0.3, 0.4) is 0 Å². The molecule has 10 heteroatoms. The van der Waals surface area contributed by atoms with Gasteiger partial charge in [0, 0.05) is 31.3 Å². The summed E-state index contributed by atoms with van der Waals surface area (Å²) in [6.07, 6.45) is 3.84. The first-order chi connectivity index (χ1) is 13.4. The van der Waals surface area contributed by atoms with Gasteiger partial charge >= 0.3 is 6.03 Å². The van der Waals surface area contributed by atoms with E-state index in [2.05, 4.69) is 20.6 Å². The van der Waals surface area contributed by atoms with Crippen molar-refractivity contribution in [3.63, 3.8) is 0 Å². The molecule has 146 valence electrons. The summed E-state index contributed by atoms with van der Waals surface area (Å²) in [5.74, 6) is -2.66. The molecule has 2 aromatic heterocycles. The monoisotopic (exact) mass is 390 g/mol. The number of carbonyl (C=O) groups excluding carboxylic acids is 1. The van der Waals surface area contributed by atoms with E-state index in [0.29, 0.717) is 22.9 Å². The highest BCUT2D eigenvalue weighted by atomic mass is 19.3. The second-order valence-electron chi connectivity index (χ2n) is 7.24. The number of hydrogen-bond donors (Lipinski definition) is 2. The number of urea groups is 1. The smallest absolute Gasteiger partial charge is 0.324 e. The maximum absolute atomic E-state index is 13.7. The molecule has 2 N–H and O–H groups in total. The molecule has 1 saturated heterocycles. The molecule has 2 fully saturated rings. The van der Waals surface area contributed by atoms with Crippen molar-refractivity contribution in [2.75, 3.05) is 0 Å². The normalized spacial score (nSPS) is 24.5. The predicted octanol–water partition coefficient (Wildman–Crippen LogP) is 2.59. The van der Waals surface area contributed by atoms with E-state index in [9.17, 15) is 18.0 Å². The molecule has 0 spiro atoms. The van der Waals surface area contributed by atoms with E-state index >= 15 is 0 Å². The summed E-state index contributed by atoms with van der Waals surface area (Å²) in [5.41, 5.74) is 1.66. The van der Waals surface area contributed by atoms with E-state index in [4.69, 9.17) is 0 Å². The molecule has 5 rings (SSSR count). The van der Waals surface area contributed by atoms with Crippen LogP contribution in [0.25, 0.3) is 5.65 Å². The van der Waals surface area contributed by atoms with Crippen molar-refractivity contribution in [2.45, 2.75) is 43.8 Å². The zero-order valence-electron chi connectivity index (χ0n) is 14.7. The molecule has 2 aromatic rings. The van der Waals surface area contributed by atoms with Crippen molar-refractivity contribution in [3.8, 4) is 0 Å². The minimum absolute atomic E-state index is 0.226. The molecule has 0 bridgehead atoms. The number of alkyl halides is 2. The highest BCUT2D eigenvalue weighted by Crippen LogP contribution is 2.37. The van der Waals surface area contributed by atoms with E-state index < -0.39 is 17.9 Å². The molecule has 4 heterocycles. The predicted molar refractivity (Wildman–Crippen MR) is 94.3 cm³/mol. The van der Waals surface area contributed by atoms with Crippen LogP contribution in [0.2, 0.25) is 0 Å². The molecule has 2 aliphatic heterocycles. The largest absolute Gasteiger partial charge is 0.343 e. The van der Waals surface area contributed by atoms with Gasteiger partial charge in [0.2, 0.25) is 5.92 Å². The van der Waals surface area contributed by atoms with E-state index in [1.54, 1.807) is 22.9 Å². The number of fused-ring (bicyclic) bond motifs is 2. The van der Waals surface area contributed by atoms with Gasteiger partial charge in [-0.05, 0) is 25.0 Å². The highest BCUT2D eigenvalue weighted by Gasteiger charge is 2.45. The maximum Gasteiger partial charge on any atom is 0.324 e. The lowest BCUT2D eigenvalue weighted by Crippen LogP contribution is -2.46. The highest BCUT2D eigenvalue weighted by molar-refractivity contribution is 6.00. The topological polar surface area (TPSA) is 74.0 Å². The Balaban J connectivity index is 1.48. The lowest BCUT2D eigenvalue weighted by molar-refractivity contribution is -0.0502. The molecular formula is C18H17F3N6O. The lowest BCUT2D eigenvalue weighted by atomic mass is 9.91. The second kappa shape index (κ2) is 5.98. The first-order valence-corrected chi connectivity index (χ1v) is 9.06. The van der Waals surface area contributed by atoms with Gasteiger partial charge < -0.3 is 10.6 Å². The number of halogens is 3. The van der Waals surface area contributed by atoms with E-state index in [-0.39, 0.29) is 37.8 Å². The van der Waals surface area contributed by atoms with Crippen LogP contribution < -0.4 is 10.6 Å². The van der Waals surface area contributed by atoms with Gasteiger partial charge in [-0.2, -0.15) is 0 Å². The van der Waals surface area contributed by atoms with Gasteiger partial charge in [-0.15, -0.1) is 0 Å². The number of nitrogens with one attached hydrogen (secondary N) is 2. The number of nitrogens with zero attached hydrogens (tertiary/aromatic N) is 4. The summed E-state index contributed by atoms with van der Waals surface area (Å²) in [4.78, 5) is 22.9. The molecule has 1 unspecified atom stereocenters. The van der Waals surface area contributed by atoms with Crippen LogP contribution in [0.4, 0.5) is 18.0 Å². The van der Waals surface area contributed by atoms with Crippen LogP contribution in [-0.4, -0.2) is 44.3 Å². The first kappa shape index (κ1) is 17.1. The standard InChI is InChI=1S/C18H17F3N6O/c19-10-1-2-14-22-8-13(26(14)9-10)15-23-7-12-16(25-15)27(17(28)24-12)11-3-5-18(20,21)6-4-11/h1-2,7-9,11,16H,3-6H2,(H,23,25)(H,24,28). The number of amidine groups is 1. The van der Waals surface area contributed by atoms with E-state index in [1.165, 1.54) is 17.2 Å². The molecule has 2 amide bonds.